The zero-order chi connectivity index (χ0) is 19.0. The number of rotatable bonds is 2. The predicted molar refractivity (Wildman–Crippen MR) is 94.0 cm³/mol. The van der Waals surface area contributed by atoms with Gasteiger partial charge in [-0.15, -0.1) is 0 Å². The van der Waals surface area contributed by atoms with Gasteiger partial charge in [0.05, 0.1) is 7.11 Å². The first-order valence-corrected chi connectivity index (χ1v) is 8.29. The van der Waals surface area contributed by atoms with Gasteiger partial charge >= 0.3 is 11.9 Å². The maximum Gasteiger partial charge on any atom is 0.328 e. The lowest BCUT2D eigenvalue weighted by molar-refractivity contribution is -0.152. The number of carbonyl (C=O) groups is 3. The minimum Gasteiger partial charge on any atom is -0.467 e. The molecule has 6 nitrogen and oxygen atoms in total. The molecule has 138 valence electrons. The summed E-state index contributed by atoms with van der Waals surface area (Å²) in [4.78, 5) is 35.6. The average molecular weight is 349 g/mol. The zero-order valence-corrected chi connectivity index (χ0v) is 15.6. The minimum absolute atomic E-state index is 0.0986. The number of hydrogen-bond acceptors (Lipinski definition) is 5. The molecule has 1 amide bonds. The van der Waals surface area contributed by atoms with Crippen molar-refractivity contribution in [2.24, 2.45) is 0 Å². The Kier molecular flexibility index (Phi) is 7.61. The lowest BCUT2D eigenvalue weighted by Crippen LogP contribution is -2.41. The molecule has 1 atom stereocenters. The topological polar surface area (TPSA) is 72.9 Å². The highest BCUT2D eigenvalue weighted by molar-refractivity contribution is 5.97. The smallest absolute Gasteiger partial charge is 0.328 e. The molecule has 1 fully saturated rings. The van der Waals surface area contributed by atoms with E-state index in [1.807, 2.05) is 39.0 Å². The summed E-state index contributed by atoms with van der Waals surface area (Å²) in [5, 5.41) is 0. The molecule has 0 aromatic heterocycles. The van der Waals surface area contributed by atoms with Crippen molar-refractivity contribution in [3.05, 3.63) is 35.9 Å². The summed E-state index contributed by atoms with van der Waals surface area (Å²) >= 11 is 0. The maximum absolute atomic E-state index is 12.2. The van der Waals surface area contributed by atoms with Crippen LogP contribution in [0.2, 0.25) is 0 Å². The Morgan fingerprint density at radius 2 is 1.72 bits per heavy atom. The first-order valence-electron chi connectivity index (χ1n) is 8.29. The van der Waals surface area contributed by atoms with Gasteiger partial charge in [0.2, 0.25) is 0 Å². The lowest BCUT2D eigenvalue weighted by atomic mass is 10.1. The third-order valence-corrected chi connectivity index (χ3v) is 3.46. The van der Waals surface area contributed by atoms with E-state index in [2.05, 4.69) is 0 Å². The first-order chi connectivity index (χ1) is 11.7. The molecule has 0 radical (unpaired) electrons. The Morgan fingerprint density at radius 1 is 1.12 bits per heavy atom. The van der Waals surface area contributed by atoms with Gasteiger partial charge in [-0.1, -0.05) is 18.2 Å². The largest absolute Gasteiger partial charge is 0.467 e. The molecule has 2 rings (SSSR count). The third-order valence-electron chi connectivity index (χ3n) is 3.46. The van der Waals surface area contributed by atoms with Crippen LogP contribution >= 0.6 is 0 Å². The summed E-state index contributed by atoms with van der Waals surface area (Å²) in [6, 6.07) is 8.59. The summed E-state index contributed by atoms with van der Waals surface area (Å²) in [5.74, 6) is -0.650. The van der Waals surface area contributed by atoms with Crippen molar-refractivity contribution in [2.75, 3.05) is 13.7 Å². The number of ether oxygens (including phenoxy) is 2. The Balaban J connectivity index is 0.000000333. The second kappa shape index (κ2) is 9.20. The van der Waals surface area contributed by atoms with Crippen LogP contribution in [-0.2, 0) is 19.1 Å². The van der Waals surface area contributed by atoms with Crippen LogP contribution < -0.4 is 0 Å². The highest BCUT2D eigenvalue weighted by Gasteiger charge is 2.35. The lowest BCUT2D eigenvalue weighted by Gasteiger charge is -2.22. The summed E-state index contributed by atoms with van der Waals surface area (Å²) in [6.07, 6.45) is 1.53. The number of methoxy groups -OCH3 is 1. The first kappa shape index (κ1) is 20.7. The van der Waals surface area contributed by atoms with Gasteiger partial charge in [0.25, 0.3) is 5.91 Å². The summed E-state index contributed by atoms with van der Waals surface area (Å²) < 4.78 is 9.52. The van der Waals surface area contributed by atoms with Crippen LogP contribution in [0.1, 0.15) is 50.9 Å². The summed E-state index contributed by atoms with van der Waals surface area (Å²) in [6.45, 7) is 7.55. The van der Waals surface area contributed by atoms with Crippen molar-refractivity contribution in [1.82, 2.24) is 4.90 Å². The molecule has 0 bridgehead atoms. The van der Waals surface area contributed by atoms with Gasteiger partial charge < -0.3 is 14.4 Å². The molecule has 1 saturated heterocycles. The molecule has 0 spiro atoms. The van der Waals surface area contributed by atoms with E-state index >= 15 is 0 Å². The van der Waals surface area contributed by atoms with Crippen molar-refractivity contribution in [3.8, 4) is 0 Å². The normalized spacial score (nSPS) is 16.5. The van der Waals surface area contributed by atoms with Crippen molar-refractivity contribution in [1.29, 1.82) is 0 Å². The van der Waals surface area contributed by atoms with E-state index < -0.39 is 6.04 Å². The molecule has 0 saturated carbocycles. The minimum atomic E-state index is -0.423. The van der Waals surface area contributed by atoms with Crippen LogP contribution in [0.5, 0.6) is 0 Å². The van der Waals surface area contributed by atoms with Gasteiger partial charge in [0.1, 0.15) is 11.6 Å². The van der Waals surface area contributed by atoms with Crippen molar-refractivity contribution in [3.63, 3.8) is 0 Å². The van der Waals surface area contributed by atoms with Crippen molar-refractivity contribution < 1.29 is 23.9 Å². The molecule has 0 aliphatic carbocycles. The van der Waals surface area contributed by atoms with E-state index in [0.29, 0.717) is 18.5 Å². The number of carbonyl (C=O) groups excluding carboxylic acids is 3. The number of likely N-dealkylation sites (tertiary alicyclic amines) is 1. The molecular formula is C19H27NO5. The molecule has 1 aliphatic heterocycles. The van der Waals surface area contributed by atoms with E-state index in [9.17, 15) is 14.4 Å². The Morgan fingerprint density at radius 3 is 2.16 bits per heavy atom. The molecule has 1 aromatic carbocycles. The van der Waals surface area contributed by atoms with Crippen LogP contribution in [0, 0.1) is 0 Å². The van der Waals surface area contributed by atoms with Gasteiger partial charge in [-0.05, 0) is 45.7 Å². The third kappa shape index (κ3) is 6.95. The van der Waals surface area contributed by atoms with Gasteiger partial charge in [-0.3, -0.25) is 9.59 Å². The highest BCUT2D eigenvalue weighted by atomic mass is 16.6. The fraction of sp³-hybridized carbons (Fsp3) is 0.526. The molecule has 1 aromatic rings. The van der Waals surface area contributed by atoms with E-state index in [1.54, 1.807) is 17.0 Å². The molecule has 1 heterocycles. The number of nitrogens with zero attached hydrogens (tertiary/aromatic N) is 1. The van der Waals surface area contributed by atoms with E-state index in [4.69, 9.17) is 9.47 Å². The van der Waals surface area contributed by atoms with Crippen LogP contribution in [0.4, 0.5) is 0 Å². The number of benzene rings is 1. The fourth-order valence-corrected chi connectivity index (χ4v) is 2.57. The van der Waals surface area contributed by atoms with Crippen LogP contribution in [0.3, 0.4) is 0 Å². The fourth-order valence-electron chi connectivity index (χ4n) is 2.57. The molecule has 0 N–H and O–H groups in total. The van der Waals surface area contributed by atoms with Crippen LogP contribution in [-0.4, -0.2) is 48.0 Å². The maximum atomic E-state index is 12.2. The van der Waals surface area contributed by atoms with Crippen LogP contribution in [0.25, 0.3) is 0 Å². The van der Waals surface area contributed by atoms with E-state index in [-0.39, 0.29) is 23.4 Å². The quantitative estimate of drug-likeness (QED) is 0.768. The van der Waals surface area contributed by atoms with Gasteiger partial charge in [-0.2, -0.15) is 0 Å². The zero-order valence-electron chi connectivity index (χ0n) is 15.6. The van der Waals surface area contributed by atoms with Gasteiger partial charge in [0, 0.05) is 19.0 Å². The monoisotopic (exact) mass is 349 g/mol. The molecule has 25 heavy (non-hydrogen) atoms. The second-order valence-electron chi connectivity index (χ2n) is 6.75. The Hall–Kier alpha value is -2.37. The second-order valence-corrected chi connectivity index (χ2v) is 6.75. The van der Waals surface area contributed by atoms with E-state index in [0.717, 1.165) is 6.42 Å². The highest BCUT2D eigenvalue weighted by Crippen LogP contribution is 2.20. The predicted octanol–water partition coefficient (Wildman–Crippen LogP) is 2.81. The standard InChI is InChI=1S/C13H15NO3.C6H12O2/c1-17-13(16)11-8-5-9-14(11)12(15)10-6-3-2-4-7-10;1-5(7)8-6(2,3)4/h2-4,6-7,11H,5,8-9H2,1H3;1-4H3. The summed E-state index contributed by atoms with van der Waals surface area (Å²) in [5.41, 5.74) is 0.287. The van der Waals surface area contributed by atoms with E-state index in [1.165, 1.54) is 14.0 Å². The van der Waals surface area contributed by atoms with Crippen molar-refractivity contribution >= 4 is 17.8 Å². The number of amides is 1. The van der Waals surface area contributed by atoms with Gasteiger partial charge in [-0.25, -0.2) is 4.79 Å². The molecular weight excluding hydrogens is 322 g/mol. The molecule has 1 aliphatic rings. The molecule has 1 unspecified atom stereocenters. The van der Waals surface area contributed by atoms with Crippen molar-refractivity contribution in [2.45, 2.75) is 52.2 Å². The van der Waals surface area contributed by atoms with Crippen LogP contribution in [0.15, 0.2) is 30.3 Å². The Bertz CT molecular complexity index is 592. The average Bonchev–Trinajstić information content (AvgIpc) is 3.02. The Labute approximate surface area is 149 Å². The number of hydrogen-bond donors (Lipinski definition) is 0. The van der Waals surface area contributed by atoms with Gasteiger partial charge in [0.15, 0.2) is 0 Å². The molecule has 6 heteroatoms. The summed E-state index contributed by atoms with van der Waals surface area (Å²) in [7, 11) is 1.35. The number of esters is 2. The SMILES string of the molecule is CC(=O)OC(C)(C)C.COC(=O)C1CCCN1C(=O)c1ccccc1.